The predicted molar refractivity (Wildman–Crippen MR) is 215 cm³/mol. The van der Waals surface area contributed by atoms with Crippen LogP contribution in [0, 0.1) is 5.92 Å². The van der Waals surface area contributed by atoms with Crippen LogP contribution < -0.4 is 10.6 Å². The van der Waals surface area contributed by atoms with E-state index >= 15 is 0 Å². The summed E-state index contributed by atoms with van der Waals surface area (Å²) in [6.45, 7) is 10.3. The van der Waals surface area contributed by atoms with Crippen molar-refractivity contribution in [2.45, 2.75) is 117 Å². The lowest BCUT2D eigenvalue weighted by atomic mass is 9.96. The predicted octanol–water partition coefficient (Wildman–Crippen LogP) is 6.33. The SMILES string of the molecule is CCCC[C@H](C)[C@@H](O)CC(=O)ON(C(=O)[C@H](Cc1c[nH]c2ccccc12)NC(=O)OC(C)(C)C)[C@@H](Cc1ccccc1)C(=O)N[C@@H](C)C(=O)OCc1ccccc1. The van der Waals surface area contributed by atoms with Gasteiger partial charge in [-0.25, -0.2) is 14.4 Å². The third kappa shape index (κ3) is 13.8. The fraction of sp³-hybridized carbons (Fsp3) is 0.432. The van der Waals surface area contributed by atoms with Gasteiger partial charge < -0.3 is 35.0 Å². The molecular weight excluding hydrogens is 729 g/mol. The number of aromatic nitrogens is 1. The van der Waals surface area contributed by atoms with Crippen molar-refractivity contribution in [3.8, 4) is 0 Å². The fourth-order valence-corrected chi connectivity index (χ4v) is 6.17. The maximum absolute atomic E-state index is 15.0. The molecule has 0 aliphatic carbocycles. The summed E-state index contributed by atoms with van der Waals surface area (Å²) in [7, 11) is 0. The van der Waals surface area contributed by atoms with E-state index in [0.29, 0.717) is 22.6 Å². The summed E-state index contributed by atoms with van der Waals surface area (Å²) >= 11 is 0. The molecule has 0 bridgehead atoms. The van der Waals surface area contributed by atoms with E-state index in [4.69, 9.17) is 14.3 Å². The van der Waals surface area contributed by atoms with Crippen LogP contribution in [0.3, 0.4) is 0 Å². The summed E-state index contributed by atoms with van der Waals surface area (Å²) in [5.74, 6) is -3.72. The third-order valence-corrected chi connectivity index (χ3v) is 9.34. The Labute approximate surface area is 334 Å². The molecule has 4 N–H and O–H groups in total. The largest absolute Gasteiger partial charge is 0.459 e. The summed E-state index contributed by atoms with van der Waals surface area (Å²) in [6.07, 6.45) is 1.41. The van der Waals surface area contributed by atoms with Crippen LogP contribution in [0.25, 0.3) is 10.9 Å². The molecule has 0 radical (unpaired) electrons. The van der Waals surface area contributed by atoms with Crippen molar-refractivity contribution in [1.82, 2.24) is 20.7 Å². The van der Waals surface area contributed by atoms with Crippen molar-refractivity contribution >= 4 is 40.7 Å². The highest BCUT2D eigenvalue weighted by Crippen LogP contribution is 2.23. The Hall–Kier alpha value is -5.69. The minimum absolute atomic E-state index is 0.0274. The van der Waals surface area contributed by atoms with Crippen molar-refractivity contribution in [2.24, 2.45) is 5.92 Å². The summed E-state index contributed by atoms with van der Waals surface area (Å²) in [5.41, 5.74) is 1.88. The number of para-hydroxylation sites is 1. The summed E-state index contributed by atoms with van der Waals surface area (Å²) in [6, 6.07) is 21.1. The molecule has 0 saturated carbocycles. The molecule has 0 unspecified atom stereocenters. The number of unbranched alkanes of at least 4 members (excludes halogenated alkanes) is 1. The third-order valence-electron chi connectivity index (χ3n) is 9.34. The molecule has 0 aliphatic heterocycles. The number of rotatable bonds is 18. The van der Waals surface area contributed by atoms with Gasteiger partial charge in [0, 0.05) is 29.9 Å². The van der Waals surface area contributed by atoms with E-state index in [1.54, 1.807) is 69.4 Å². The quantitative estimate of drug-likeness (QED) is 0.0664. The van der Waals surface area contributed by atoms with Gasteiger partial charge in [0.25, 0.3) is 5.91 Å². The minimum atomic E-state index is -1.55. The van der Waals surface area contributed by atoms with Gasteiger partial charge in [0.15, 0.2) is 6.04 Å². The number of hydrogen-bond donors (Lipinski definition) is 4. The number of nitrogens with one attached hydrogen (secondary N) is 3. The molecule has 13 nitrogen and oxygen atoms in total. The van der Waals surface area contributed by atoms with Crippen LogP contribution in [0.5, 0.6) is 0 Å². The Balaban J connectivity index is 1.73. The van der Waals surface area contributed by atoms with Crippen molar-refractivity contribution in [1.29, 1.82) is 0 Å². The Bertz CT molecular complexity index is 1930. The van der Waals surface area contributed by atoms with E-state index in [0.717, 1.165) is 29.3 Å². The highest BCUT2D eigenvalue weighted by molar-refractivity contribution is 5.94. The molecule has 0 spiro atoms. The summed E-state index contributed by atoms with van der Waals surface area (Å²) in [5, 5.41) is 17.7. The van der Waals surface area contributed by atoms with E-state index in [2.05, 4.69) is 15.6 Å². The first-order valence-electron chi connectivity index (χ1n) is 19.5. The number of esters is 1. The van der Waals surface area contributed by atoms with Crippen LogP contribution in [0.15, 0.2) is 91.1 Å². The van der Waals surface area contributed by atoms with Crippen molar-refractivity contribution in [2.75, 3.05) is 0 Å². The number of carbonyl (C=O) groups excluding carboxylic acids is 5. The van der Waals surface area contributed by atoms with E-state index in [1.807, 2.05) is 56.3 Å². The second-order valence-corrected chi connectivity index (χ2v) is 15.3. The van der Waals surface area contributed by atoms with Gasteiger partial charge in [-0.15, -0.1) is 0 Å². The Morgan fingerprint density at radius 3 is 2.12 bits per heavy atom. The Kier molecular flexibility index (Phi) is 16.2. The number of ether oxygens (including phenoxy) is 2. The van der Waals surface area contributed by atoms with Gasteiger partial charge in [-0.2, -0.15) is 5.06 Å². The smallest absolute Gasteiger partial charge is 0.408 e. The molecule has 4 aromatic rings. The van der Waals surface area contributed by atoms with Gasteiger partial charge in [0.2, 0.25) is 5.91 Å². The van der Waals surface area contributed by atoms with Gasteiger partial charge >= 0.3 is 18.0 Å². The highest BCUT2D eigenvalue weighted by Gasteiger charge is 2.40. The van der Waals surface area contributed by atoms with Crippen LogP contribution in [0.1, 0.15) is 83.9 Å². The number of hydroxylamine groups is 2. The normalized spacial score (nSPS) is 14.0. The second-order valence-electron chi connectivity index (χ2n) is 15.3. The lowest BCUT2D eigenvalue weighted by Gasteiger charge is -2.33. The molecular formula is C44H56N4O9. The van der Waals surface area contributed by atoms with Gasteiger partial charge in [-0.3, -0.25) is 9.59 Å². The van der Waals surface area contributed by atoms with Crippen LogP contribution in [-0.4, -0.2) is 74.8 Å². The van der Waals surface area contributed by atoms with Gasteiger partial charge in [0.05, 0.1) is 12.5 Å². The van der Waals surface area contributed by atoms with Gasteiger partial charge in [0.1, 0.15) is 24.3 Å². The molecule has 0 saturated heterocycles. The average Bonchev–Trinajstić information content (AvgIpc) is 3.59. The van der Waals surface area contributed by atoms with E-state index < -0.39 is 66.1 Å². The number of fused-ring (bicyclic) bond motifs is 1. The monoisotopic (exact) mass is 784 g/mol. The number of H-pyrrole nitrogens is 1. The maximum atomic E-state index is 15.0. The van der Waals surface area contributed by atoms with E-state index in [1.165, 1.54) is 6.92 Å². The zero-order chi connectivity index (χ0) is 41.5. The van der Waals surface area contributed by atoms with Crippen molar-refractivity contribution < 1.29 is 43.4 Å². The molecule has 306 valence electrons. The molecule has 1 aromatic heterocycles. The zero-order valence-corrected chi connectivity index (χ0v) is 33.7. The van der Waals surface area contributed by atoms with Crippen molar-refractivity contribution in [3.63, 3.8) is 0 Å². The Morgan fingerprint density at radius 1 is 0.842 bits per heavy atom. The highest BCUT2D eigenvalue weighted by atomic mass is 16.7. The second kappa shape index (κ2) is 21.0. The topological polar surface area (TPSA) is 176 Å². The first-order chi connectivity index (χ1) is 27.1. The van der Waals surface area contributed by atoms with Gasteiger partial charge in [-0.1, -0.05) is 106 Å². The molecule has 4 rings (SSSR count). The summed E-state index contributed by atoms with van der Waals surface area (Å²) < 4.78 is 11.0. The molecule has 13 heteroatoms. The molecule has 3 aromatic carbocycles. The molecule has 0 aliphatic rings. The zero-order valence-electron chi connectivity index (χ0n) is 33.7. The van der Waals surface area contributed by atoms with Crippen molar-refractivity contribution in [3.05, 3.63) is 108 Å². The number of nitrogens with zero attached hydrogens (tertiary/aromatic N) is 1. The molecule has 5 atom stereocenters. The number of aliphatic hydroxyl groups excluding tert-OH is 1. The number of amides is 3. The first-order valence-corrected chi connectivity index (χ1v) is 19.5. The number of aromatic amines is 1. The average molecular weight is 785 g/mol. The molecule has 3 amide bonds. The van der Waals surface area contributed by atoms with Crippen LogP contribution in [-0.2, 0) is 52.9 Å². The number of carbonyl (C=O) groups is 5. The van der Waals surface area contributed by atoms with Gasteiger partial charge in [-0.05, 0) is 62.8 Å². The lowest BCUT2D eigenvalue weighted by Crippen LogP contribution is -2.59. The fourth-order valence-electron chi connectivity index (χ4n) is 6.17. The lowest BCUT2D eigenvalue weighted by molar-refractivity contribution is -0.211. The number of hydrogen-bond acceptors (Lipinski definition) is 9. The number of alkyl carbamates (subject to hydrolysis) is 1. The maximum Gasteiger partial charge on any atom is 0.408 e. The van der Waals surface area contributed by atoms with Crippen LogP contribution in [0.4, 0.5) is 4.79 Å². The van der Waals surface area contributed by atoms with E-state index in [-0.39, 0.29) is 25.4 Å². The van der Waals surface area contributed by atoms with Crippen LogP contribution >= 0.6 is 0 Å². The standard InChI is InChI=1S/C44H56N4O9/c1-7-8-17-29(2)38(49)26-39(50)57-48(41(52)36(47-43(54)56-44(4,5)6)25-33-27-45-35-23-16-15-22-34(33)35)37(24-31-18-11-9-12-19-31)40(51)46-30(3)42(53)55-28-32-20-13-10-14-21-32/h9-16,18-23,27,29-30,36-38,45,49H,7-8,17,24-26,28H2,1-6H3,(H,46,51)(H,47,54)/t29-,30-,36-,37-,38-/m0/s1. The summed E-state index contributed by atoms with van der Waals surface area (Å²) in [4.78, 5) is 78.4. The molecule has 57 heavy (non-hydrogen) atoms. The minimum Gasteiger partial charge on any atom is -0.459 e. The molecule has 1 heterocycles. The molecule has 0 fully saturated rings. The Morgan fingerprint density at radius 2 is 1.47 bits per heavy atom. The first kappa shape index (κ1) is 44.0. The number of aliphatic hydroxyl groups is 1. The van der Waals surface area contributed by atoms with E-state index in [9.17, 15) is 29.1 Å². The van der Waals surface area contributed by atoms with Crippen LogP contribution in [0.2, 0.25) is 0 Å². The number of benzene rings is 3.